The number of rotatable bonds is 4. The summed E-state index contributed by atoms with van der Waals surface area (Å²) in [5.74, 6) is -0.681. The number of azo groups is 1. The Balaban J connectivity index is 1.73. The van der Waals surface area contributed by atoms with E-state index in [0.29, 0.717) is 17.0 Å². The van der Waals surface area contributed by atoms with Gasteiger partial charge < -0.3 is 9.67 Å². The van der Waals surface area contributed by atoms with Gasteiger partial charge in [0.2, 0.25) is 5.88 Å². The lowest BCUT2D eigenvalue weighted by Gasteiger charge is -2.06. The molecule has 0 aliphatic carbocycles. The molecular formula is C22H15Cl2N3O2. The summed E-state index contributed by atoms with van der Waals surface area (Å²) in [7, 11) is 0. The second kappa shape index (κ2) is 8.07. The summed E-state index contributed by atoms with van der Waals surface area (Å²) >= 11 is 11.9. The van der Waals surface area contributed by atoms with Gasteiger partial charge >= 0.3 is 0 Å². The van der Waals surface area contributed by atoms with Crippen LogP contribution in [0.1, 0.15) is 15.9 Å². The van der Waals surface area contributed by atoms with Crippen molar-refractivity contribution in [3.05, 3.63) is 94.0 Å². The monoisotopic (exact) mass is 423 g/mol. The third-order valence-corrected chi connectivity index (χ3v) is 5.05. The molecule has 0 bridgehead atoms. The van der Waals surface area contributed by atoms with Crippen LogP contribution in [-0.2, 0) is 6.54 Å². The highest BCUT2D eigenvalue weighted by Crippen LogP contribution is 2.39. The van der Waals surface area contributed by atoms with E-state index in [1.54, 1.807) is 10.6 Å². The Morgan fingerprint density at radius 2 is 1.69 bits per heavy atom. The van der Waals surface area contributed by atoms with Crippen molar-refractivity contribution in [1.82, 2.24) is 4.57 Å². The van der Waals surface area contributed by atoms with Crippen molar-refractivity contribution < 1.29 is 9.90 Å². The maximum absolute atomic E-state index is 12.4. The van der Waals surface area contributed by atoms with Gasteiger partial charge in [0.05, 0.1) is 22.6 Å². The van der Waals surface area contributed by atoms with Crippen LogP contribution in [0.15, 0.2) is 83.0 Å². The van der Waals surface area contributed by atoms with Crippen LogP contribution in [0.5, 0.6) is 5.88 Å². The summed E-state index contributed by atoms with van der Waals surface area (Å²) in [5, 5.41) is 19.9. The van der Waals surface area contributed by atoms with Gasteiger partial charge in [-0.15, -0.1) is 10.2 Å². The number of fused-ring (bicyclic) bond motifs is 1. The minimum absolute atomic E-state index is 0.0613. The number of hydrogen-bond acceptors (Lipinski definition) is 3. The van der Waals surface area contributed by atoms with E-state index in [-0.39, 0.29) is 22.2 Å². The van der Waals surface area contributed by atoms with E-state index in [9.17, 15) is 9.90 Å². The second-order valence-corrected chi connectivity index (χ2v) is 7.23. The Morgan fingerprint density at radius 1 is 0.966 bits per heavy atom. The van der Waals surface area contributed by atoms with Crippen molar-refractivity contribution in [3.63, 3.8) is 0 Å². The molecule has 0 aliphatic rings. The molecule has 1 heterocycles. The number of carbonyl (C=O) groups is 1. The highest BCUT2D eigenvalue weighted by molar-refractivity contribution is 6.36. The number of aromatic hydroxyl groups is 1. The Bertz CT molecular complexity index is 1230. The van der Waals surface area contributed by atoms with Crippen molar-refractivity contribution in [3.8, 4) is 5.88 Å². The summed E-state index contributed by atoms with van der Waals surface area (Å²) in [6, 6.07) is 21.7. The van der Waals surface area contributed by atoms with Crippen LogP contribution in [0.2, 0.25) is 10.0 Å². The van der Waals surface area contributed by atoms with Gasteiger partial charge in [0, 0.05) is 10.4 Å². The highest BCUT2D eigenvalue weighted by Gasteiger charge is 2.17. The summed E-state index contributed by atoms with van der Waals surface area (Å²) in [4.78, 5) is 12.4. The fourth-order valence-electron chi connectivity index (χ4n) is 3.11. The van der Waals surface area contributed by atoms with Crippen LogP contribution >= 0.6 is 23.2 Å². The first-order chi connectivity index (χ1) is 14.0. The van der Waals surface area contributed by atoms with Gasteiger partial charge in [-0.25, -0.2) is 0 Å². The van der Waals surface area contributed by atoms with E-state index >= 15 is 0 Å². The zero-order chi connectivity index (χ0) is 20.4. The molecule has 3 aromatic carbocycles. The predicted molar refractivity (Wildman–Crippen MR) is 114 cm³/mol. The molecule has 0 saturated heterocycles. The molecule has 0 fully saturated rings. The molecule has 0 unspecified atom stereocenters. The van der Waals surface area contributed by atoms with Crippen LogP contribution in [0, 0.1) is 0 Å². The molecule has 144 valence electrons. The quantitative estimate of drug-likeness (QED) is 0.374. The van der Waals surface area contributed by atoms with Gasteiger partial charge in [-0.3, -0.25) is 4.79 Å². The van der Waals surface area contributed by atoms with E-state index in [4.69, 9.17) is 23.2 Å². The molecule has 1 aromatic heterocycles. The molecule has 0 spiro atoms. The van der Waals surface area contributed by atoms with Crippen molar-refractivity contribution in [2.45, 2.75) is 6.54 Å². The van der Waals surface area contributed by atoms with E-state index in [2.05, 4.69) is 10.2 Å². The van der Waals surface area contributed by atoms with Crippen LogP contribution < -0.4 is 0 Å². The zero-order valence-corrected chi connectivity index (χ0v) is 16.6. The first-order valence-corrected chi connectivity index (χ1v) is 9.55. The number of hydrogen-bond donors (Lipinski definition) is 1. The SMILES string of the molecule is O=C(N=Nc1c(O)n(Cc2ccccc2)c2ccccc12)c1ccc(Cl)cc1Cl. The molecule has 29 heavy (non-hydrogen) atoms. The van der Waals surface area contributed by atoms with Crippen LogP contribution in [0.3, 0.4) is 0 Å². The average molecular weight is 424 g/mol. The largest absolute Gasteiger partial charge is 0.493 e. The number of halogens is 2. The van der Waals surface area contributed by atoms with Gasteiger partial charge in [-0.2, -0.15) is 0 Å². The van der Waals surface area contributed by atoms with Crippen molar-refractivity contribution in [2.24, 2.45) is 10.2 Å². The molecule has 5 nitrogen and oxygen atoms in total. The standard InChI is InChI=1S/C22H15Cl2N3O2/c23-15-10-11-16(18(24)12-15)21(28)26-25-20-17-8-4-5-9-19(17)27(22(20)29)13-14-6-2-1-3-7-14/h1-12,29H,13H2. The molecule has 4 rings (SSSR count). The Labute approximate surface area is 176 Å². The Kier molecular flexibility index (Phi) is 5.34. The van der Waals surface area contributed by atoms with Gasteiger partial charge in [0.1, 0.15) is 0 Å². The normalized spacial score (nSPS) is 11.4. The maximum atomic E-state index is 12.4. The Hall–Kier alpha value is -3.15. The van der Waals surface area contributed by atoms with Crippen LogP contribution in [-0.4, -0.2) is 15.6 Å². The molecule has 7 heteroatoms. The number of aromatic nitrogens is 1. The zero-order valence-electron chi connectivity index (χ0n) is 15.1. The predicted octanol–water partition coefficient (Wildman–Crippen LogP) is 6.63. The fraction of sp³-hybridized carbons (Fsp3) is 0.0455. The lowest BCUT2D eigenvalue weighted by atomic mass is 10.2. The van der Waals surface area contributed by atoms with Gasteiger partial charge in [-0.1, -0.05) is 71.7 Å². The smallest absolute Gasteiger partial charge is 0.296 e. The number of para-hydroxylation sites is 1. The van der Waals surface area contributed by atoms with Gasteiger partial charge in [0.15, 0.2) is 5.69 Å². The molecule has 1 amide bonds. The second-order valence-electron chi connectivity index (χ2n) is 6.39. The third kappa shape index (κ3) is 3.88. The average Bonchev–Trinajstić information content (AvgIpc) is 2.98. The number of nitrogens with zero attached hydrogens (tertiary/aromatic N) is 3. The first kappa shape index (κ1) is 19.2. The number of amides is 1. The molecular weight excluding hydrogens is 409 g/mol. The topological polar surface area (TPSA) is 66.9 Å². The summed E-state index contributed by atoms with van der Waals surface area (Å²) in [5.41, 5.74) is 2.23. The molecule has 0 saturated carbocycles. The fourth-order valence-corrected chi connectivity index (χ4v) is 3.60. The van der Waals surface area contributed by atoms with Crippen LogP contribution in [0.4, 0.5) is 5.69 Å². The lowest BCUT2D eigenvalue weighted by molar-refractivity contribution is 0.0995. The molecule has 0 aliphatic heterocycles. The minimum Gasteiger partial charge on any atom is -0.493 e. The summed E-state index contributed by atoms with van der Waals surface area (Å²) < 4.78 is 1.73. The third-order valence-electron chi connectivity index (χ3n) is 4.50. The van der Waals surface area contributed by atoms with E-state index in [0.717, 1.165) is 11.1 Å². The van der Waals surface area contributed by atoms with E-state index in [1.807, 2.05) is 54.6 Å². The first-order valence-electron chi connectivity index (χ1n) is 8.80. The van der Waals surface area contributed by atoms with Gasteiger partial charge in [0.25, 0.3) is 5.91 Å². The minimum atomic E-state index is -0.619. The van der Waals surface area contributed by atoms with Crippen molar-refractivity contribution in [1.29, 1.82) is 0 Å². The number of benzene rings is 3. The number of carbonyl (C=O) groups excluding carboxylic acids is 1. The summed E-state index contributed by atoms with van der Waals surface area (Å²) in [6.07, 6.45) is 0. The lowest BCUT2D eigenvalue weighted by Crippen LogP contribution is -1.98. The van der Waals surface area contributed by atoms with E-state index < -0.39 is 5.91 Å². The molecule has 1 N–H and O–H groups in total. The molecule has 4 aromatic rings. The molecule has 0 atom stereocenters. The Morgan fingerprint density at radius 3 is 2.45 bits per heavy atom. The maximum Gasteiger partial charge on any atom is 0.296 e. The molecule has 0 radical (unpaired) electrons. The van der Waals surface area contributed by atoms with Crippen molar-refractivity contribution >= 4 is 45.7 Å². The van der Waals surface area contributed by atoms with Gasteiger partial charge in [-0.05, 0) is 29.8 Å². The van der Waals surface area contributed by atoms with Crippen molar-refractivity contribution in [2.75, 3.05) is 0 Å². The van der Waals surface area contributed by atoms with Crippen LogP contribution in [0.25, 0.3) is 10.9 Å². The summed E-state index contributed by atoms with van der Waals surface area (Å²) in [6.45, 7) is 0.458. The highest BCUT2D eigenvalue weighted by atomic mass is 35.5. The van der Waals surface area contributed by atoms with E-state index in [1.165, 1.54) is 12.1 Å².